The first-order chi connectivity index (χ1) is 10.1. The number of rotatable bonds is 8. The average Bonchev–Trinajstić information content (AvgIpc) is 2.92. The second kappa shape index (κ2) is 7.90. The fraction of sp³-hybridized carbons (Fsp3) is 0.375. The lowest BCUT2D eigenvalue weighted by molar-refractivity contribution is -0.136. The molecule has 4 nitrogen and oxygen atoms in total. The van der Waals surface area contributed by atoms with Gasteiger partial charge in [0.25, 0.3) is 0 Å². The van der Waals surface area contributed by atoms with E-state index in [1.165, 1.54) is 16.9 Å². The van der Waals surface area contributed by atoms with Crippen molar-refractivity contribution in [3.63, 3.8) is 0 Å². The van der Waals surface area contributed by atoms with Crippen LogP contribution in [0, 0.1) is 0 Å². The Morgan fingerprint density at radius 1 is 1.24 bits per heavy atom. The third-order valence-electron chi connectivity index (χ3n) is 3.22. The minimum atomic E-state index is -0.899. The van der Waals surface area contributed by atoms with Crippen LogP contribution >= 0.6 is 11.3 Å². The molecule has 0 bridgehead atoms. The van der Waals surface area contributed by atoms with Gasteiger partial charge in [0.2, 0.25) is 0 Å². The topological polar surface area (TPSA) is 70.4 Å². The van der Waals surface area contributed by atoms with Crippen molar-refractivity contribution in [3.8, 4) is 0 Å². The third-order valence-corrected chi connectivity index (χ3v) is 4.22. The number of aryl methyl sites for hydroxylation is 1. The number of carboxylic acids is 1. The molecule has 0 aliphatic carbocycles. The molecule has 0 fully saturated rings. The number of aliphatic hydroxyl groups is 1. The van der Waals surface area contributed by atoms with Gasteiger partial charge in [-0.25, -0.2) is 4.98 Å². The van der Waals surface area contributed by atoms with E-state index in [9.17, 15) is 9.90 Å². The average molecular weight is 305 g/mol. The van der Waals surface area contributed by atoms with Crippen LogP contribution in [0.4, 0.5) is 0 Å². The molecule has 1 atom stereocenters. The van der Waals surface area contributed by atoms with E-state index in [-0.39, 0.29) is 6.42 Å². The van der Waals surface area contributed by atoms with E-state index in [0.29, 0.717) is 17.1 Å². The fourth-order valence-electron chi connectivity index (χ4n) is 2.15. The second-order valence-electron chi connectivity index (χ2n) is 4.99. The quantitative estimate of drug-likeness (QED) is 0.735. The van der Waals surface area contributed by atoms with Crippen molar-refractivity contribution in [2.45, 2.75) is 38.2 Å². The summed E-state index contributed by atoms with van der Waals surface area (Å²) in [5, 5.41) is 21.1. The number of carbonyl (C=O) groups is 1. The molecule has 0 saturated heterocycles. The zero-order valence-corrected chi connectivity index (χ0v) is 12.6. The molecule has 1 aromatic heterocycles. The maximum absolute atomic E-state index is 10.6. The highest BCUT2D eigenvalue weighted by molar-refractivity contribution is 7.09. The van der Waals surface area contributed by atoms with Crippen molar-refractivity contribution in [3.05, 3.63) is 52.0 Å². The Hall–Kier alpha value is -1.72. The van der Waals surface area contributed by atoms with Crippen molar-refractivity contribution < 1.29 is 15.0 Å². The molecule has 1 unspecified atom stereocenters. The molecule has 0 amide bonds. The fourth-order valence-corrected chi connectivity index (χ4v) is 2.98. The van der Waals surface area contributed by atoms with E-state index in [0.717, 1.165) is 19.3 Å². The molecule has 0 saturated carbocycles. The number of unbranched alkanes of at least 4 members (excludes halogenated alkanes) is 1. The van der Waals surface area contributed by atoms with Gasteiger partial charge in [-0.15, -0.1) is 11.3 Å². The van der Waals surface area contributed by atoms with E-state index < -0.39 is 12.1 Å². The molecule has 0 aliphatic heterocycles. The van der Waals surface area contributed by atoms with Gasteiger partial charge in [-0.05, 0) is 24.8 Å². The summed E-state index contributed by atoms with van der Waals surface area (Å²) in [4.78, 5) is 14.8. The van der Waals surface area contributed by atoms with Crippen molar-refractivity contribution in [1.82, 2.24) is 4.98 Å². The van der Waals surface area contributed by atoms with Gasteiger partial charge < -0.3 is 10.2 Å². The minimum absolute atomic E-state index is 0.0861. The predicted molar refractivity (Wildman–Crippen MR) is 82.4 cm³/mol. The standard InChI is InChI=1S/C16H19NO3S/c18-14(16-17-13(11-21-16)10-15(19)20)9-5-4-8-12-6-2-1-3-7-12/h1-3,6-7,11,14,18H,4-5,8-10H2,(H,19,20). The number of benzene rings is 1. The number of hydrogen-bond acceptors (Lipinski definition) is 4. The Labute approximate surface area is 128 Å². The molecule has 2 aromatic rings. The molecule has 2 rings (SSSR count). The number of hydrogen-bond donors (Lipinski definition) is 2. The summed E-state index contributed by atoms with van der Waals surface area (Å²) in [6, 6.07) is 10.3. The van der Waals surface area contributed by atoms with E-state index >= 15 is 0 Å². The molecular weight excluding hydrogens is 286 g/mol. The van der Waals surface area contributed by atoms with Crippen LogP contribution in [0.3, 0.4) is 0 Å². The monoisotopic (exact) mass is 305 g/mol. The second-order valence-corrected chi connectivity index (χ2v) is 5.88. The number of nitrogens with zero attached hydrogens (tertiary/aromatic N) is 1. The van der Waals surface area contributed by atoms with Crippen LogP contribution in [0.15, 0.2) is 35.7 Å². The van der Waals surface area contributed by atoms with Crippen LogP contribution in [-0.2, 0) is 17.6 Å². The number of carboxylic acid groups (broad SMARTS) is 1. The first kappa shape index (κ1) is 15.7. The summed E-state index contributed by atoms with van der Waals surface area (Å²) in [5.41, 5.74) is 1.83. The number of aliphatic hydroxyl groups excluding tert-OH is 1. The predicted octanol–water partition coefficient (Wildman–Crippen LogP) is 3.22. The van der Waals surface area contributed by atoms with E-state index in [1.54, 1.807) is 5.38 Å². The van der Waals surface area contributed by atoms with Crippen molar-refractivity contribution in [2.24, 2.45) is 0 Å². The van der Waals surface area contributed by atoms with Crippen molar-refractivity contribution in [1.29, 1.82) is 0 Å². The molecule has 0 radical (unpaired) electrons. The van der Waals surface area contributed by atoms with Crippen LogP contribution in [0.2, 0.25) is 0 Å². The summed E-state index contributed by atoms with van der Waals surface area (Å²) in [5.74, 6) is -0.899. The van der Waals surface area contributed by atoms with Gasteiger partial charge >= 0.3 is 5.97 Å². The molecule has 21 heavy (non-hydrogen) atoms. The van der Waals surface area contributed by atoms with Crippen LogP contribution in [-0.4, -0.2) is 21.2 Å². The van der Waals surface area contributed by atoms with Crippen LogP contribution < -0.4 is 0 Å². The van der Waals surface area contributed by atoms with E-state index in [2.05, 4.69) is 17.1 Å². The minimum Gasteiger partial charge on any atom is -0.481 e. The van der Waals surface area contributed by atoms with Gasteiger partial charge in [-0.1, -0.05) is 36.8 Å². The van der Waals surface area contributed by atoms with Crippen molar-refractivity contribution >= 4 is 17.3 Å². The summed E-state index contributed by atoms with van der Waals surface area (Å²) in [7, 11) is 0. The Morgan fingerprint density at radius 3 is 2.71 bits per heavy atom. The van der Waals surface area contributed by atoms with Gasteiger partial charge in [0.1, 0.15) is 11.1 Å². The Morgan fingerprint density at radius 2 is 2.00 bits per heavy atom. The lowest BCUT2D eigenvalue weighted by Gasteiger charge is -2.07. The summed E-state index contributed by atoms with van der Waals surface area (Å²) >= 11 is 1.33. The largest absolute Gasteiger partial charge is 0.481 e. The van der Waals surface area contributed by atoms with Crippen LogP contribution in [0.5, 0.6) is 0 Å². The zero-order chi connectivity index (χ0) is 15.1. The van der Waals surface area contributed by atoms with Crippen LogP contribution in [0.1, 0.15) is 41.6 Å². The molecule has 1 heterocycles. The number of aliphatic carboxylic acids is 1. The van der Waals surface area contributed by atoms with Gasteiger partial charge in [0.15, 0.2) is 0 Å². The summed E-state index contributed by atoms with van der Waals surface area (Å²) in [6.07, 6.45) is 2.94. The van der Waals surface area contributed by atoms with E-state index in [1.807, 2.05) is 18.2 Å². The van der Waals surface area contributed by atoms with Gasteiger partial charge in [-0.3, -0.25) is 4.79 Å². The third kappa shape index (κ3) is 5.28. The molecular formula is C16H19NO3S. The Bertz CT molecular complexity index is 568. The molecule has 2 N–H and O–H groups in total. The zero-order valence-electron chi connectivity index (χ0n) is 11.7. The first-order valence-electron chi connectivity index (χ1n) is 7.03. The lowest BCUT2D eigenvalue weighted by Crippen LogP contribution is -2.02. The maximum atomic E-state index is 10.6. The van der Waals surface area contributed by atoms with Gasteiger partial charge in [-0.2, -0.15) is 0 Å². The molecule has 1 aromatic carbocycles. The molecule has 112 valence electrons. The highest BCUT2D eigenvalue weighted by Gasteiger charge is 2.13. The SMILES string of the molecule is O=C(O)Cc1csc(C(O)CCCCc2ccccc2)n1. The van der Waals surface area contributed by atoms with E-state index in [4.69, 9.17) is 5.11 Å². The van der Waals surface area contributed by atoms with Gasteiger partial charge in [0.05, 0.1) is 12.1 Å². The molecule has 5 heteroatoms. The molecule has 0 spiro atoms. The smallest absolute Gasteiger partial charge is 0.309 e. The Kier molecular flexibility index (Phi) is 5.90. The Balaban J connectivity index is 1.73. The van der Waals surface area contributed by atoms with Crippen molar-refractivity contribution in [2.75, 3.05) is 0 Å². The number of aromatic nitrogens is 1. The summed E-state index contributed by atoms with van der Waals surface area (Å²) in [6.45, 7) is 0. The normalized spacial score (nSPS) is 12.2. The van der Waals surface area contributed by atoms with Crippen LogP contribution in [0.25, 0.3) is 0 Å². The lowest BCUT2D eigenvalue weighted by atomic mass is 10.1. The highest BCUT2D eigenvalue weighted by Crippen LogP contribution is 2.23. The van der Waals surface area contributed by atoms with Gasteiger partial charge in [0, 0.05) is 5.38 Å². The molecule has 0 aliphatic rings. The maximum Gasteiger partial charge on any atom is 0.309 e. The first-order valence-corrected chi connectivity index (χ1v) is 7.91. The number of thiazole rings is 1. The summed E-state index contributed by atoms with van der Waals surface area (Å²) < 4.78 is 0. The highest BCUT2D eigenvalue weighted by atomic mass is 32.1.